The number of carbonyl (C=O) groups excluding carboxylic acids is 1. The lowest BCUT2D eigenvalue weighted by molar-refractivity contribution is 0.484. The van der Waals surface area contributed by atoms with E-state index in [1.807, 2.05) is 22.6 Å². The van der Waals surface area contributed by atoms with Crippen molar-refractivity contribution in [2.45, 2.75) is 6.92 Å². The van der Waals surface area contributed by atoms with Gasteiger partial charge in [-0.05, 0) is 6.92 Å². The topological polar surface area (TPSA) is 83.8 Å². The summed E-state index contributed by atoms with van der Waals surface area (Å²) in [5.41, 5.74) is 1.32. The molecule has 1 aromatic carbocycles. The number of isocyanates is 1. The Hall–Kier alpha value is -1.49. The van der Waals surface area contributed by atoms with Crippen LogP contribution < -0.4 is 0 Å². The molecule has 6 heteroatoms. The maximum absolute atomic E-state index is 9.36. The smallest absolute Gasteiger partial charge is 0.267 e. The fourth-order valence-corrected chi connectivity index (χ4v) is 0.676. The molecule has 0 aliphatic heterocycles. The highest BCUT2D eigenvalue weighted by atomic mass is 32.2. The van der Waals surface area contributed by atoms with E-state index in [0.29, 0.717) is 6.08 Å². The molecule has 0 aliphatic rings. The second-order valence-electron chi connectivity index (χ2n) is 2.29. The van der Waals surface area contributed by atoms with Crippen LogP contribution in [0.5, 0.6) is 0 Å². The lowest BCUT2D eigenvalue weighted by Crippen LogP contribution is -1.87. The first-order valence-electron chi connectivity index (χ1n) is 3.54. The Labute approximate surface area is 82.0 Å². The SMILES string of the molecule is Cc1ccccc1.O=C=NS(=O)(=O)O. The summed E-state index contributed by atoms with van der Waals surface area (Å²) in [5.74, 6) is 0. The molecular weight excluding hydrogens is 206 g/mol. The predicted octanol–water partition coefficient (Wildman–Crippen LogP) is 1.12. The van der Waals surface area contributed by atoms with Crippen LogP contribution in [0.15, 0.2) is 34.7 Å². The Balaban J connectivity index is 0.000000241. The van der Waals surface area contributed by atoms with E-state index in [4.69, 9.17) is 9.35 Å². The van der Waals surface area contributed by atoms with Gasteiger partial charge < -0.3 is 0 Å². The summed E-state index contributed by atoms with van der Waals surface area (Å²) >= 11 is 0. The first-order chi connectivity index (χ1) is 6.45. The van der Waals surface area contributed by atoms with E-state index < -0.39 is 10.3 Å². The molecule has 1 rings (SSSR count). The van der Waals surface area contributed by atoms with Gasteiger partial charge in [-0.2, -0.15) is 8.42 Å². The quantitative estimate of drug-likeness (QED) is 0.432. The Morgan fingerprint density at radius 2 is 1.79 bits per heavy atom. The molecule has 14 heavy (non-hydrogen) atoms. The van der Waals surface area contributed by atoms with Crippen molar-refractivity contribution in [1.29, 1.82) is 0 Å². The highest BCUT2D eigenvalue weighted by Gasteiger charge is 1.93. The molecule has 0 aliphatic carbocycles. The molecule has 5 nitrogen and oxygen atoms in total. The molecule has 0 aromatic heterocycles. The number of benzene rings is 1. The van der Waals surface area contributed by atoms with Crippen molar-refractivity contribution in [2.24, 2.45) is 4.40 Å². The number of hydrogen-bond acceptors (Lipinski definition) is 3. The molecule has 1 N–H and O–H groups in total. The van der Waals surface area contributed by atoms with Gasteiger partial charge in [0, 0.05) is 0 Å². The van der Waals surface area contributed by atoms with Crippen molar-refractivity contribution >= 4 is 16.4 Å². The molecule has 0 heterocycles. The molecule has 0 amide bonds. The third-order valence-corrected chi connectivity index (χ3v) is 1.40. The van der Waals surface area contributed by atoms with Crippen LogP contribution in [0.1, 0.15) is 5.56 Å². The summed E-state index contributed by atoms with van der Waals surface area (Å²) in [7, 11) is -4.47. The summed E-state index contributed by atoms with van der Waals surface area (Å²) in [6.45, 7) is 2.08. The van der Waals surface area contributed by atoms with Gasteiger partial charge in [0.15, 0.2) is 0 Å². The zero-order valence-electron chi connectivity index (χ0n) is 7.41. The van der Waals surface area contributed by atoms with Crippen molar-refractivity contribution in [3.63, 3.8) is 0 Å². The summed E-state index contributed by atoms with van der Waals surface area (Å²) in [6.07, 6.45) is 0.645. The van der Waals surface area contributed by atoms with Gasteiger partial charge in [0.25, 0.3) is 6.08 Å². The van der Waals surface area contributed by atoms with E-state index in [9.17, 15) is 8.42 Å². The molecule has 0 fully saturated rings. The lowest BCUT2D eigenvalue weighted by Gasteiger charge is -1.82. The zero-order valence-corrected chi connectivity index (χ0v) is 8.23. The molecule has 0 atom stereocenters. The van der Waals surface area contributed by atoms with E-state index in [1.54, 1.807) is 0 Å². The summed E-state index contributed by atoms with van der Waals surface area (Å²) in [4.78, 5) is 8.99. The largest absolute Gasteiger partial charge is 0.388 e. The Kier molecular flexibility index (Phi) is 5.40. The van der Waals surface area contributed by atoms with Crippen molar-refractivity contribution in [2.75, 3.05) is 0 Å². The highest BCUT2D eigenvalue weighted by molar-refractivity contribution is 7.84. The maximum atomic E-state index is 9.36. The minimum Gasteiger partial charge on any atom is -0.267 e. The molecule has 1 aromatic rings. The Morgan fingerprint density at radius 3 is 1.93 bits per heavy atom. The van der Waals surface area contributed by atoms with Gasteiger partial charge >= 0.3 is 10.3 Å². The van der Waals surface area contributed by atoms with E-state index in [0.717, 1.165) is 0 Å². The summed E-state index contributed by atoms with van der Waals surface area (Å²) in [6, 6.07) is 10.3. The van der Waals surface area contributed by atoms with Crippen LogP contribution in [0.4, 0.5) is 0 Å². The molecule has 0 unspecified atom stereocenters. The van der Waals surface area contributed by atoms with E-state index >= 15 is 0 Å². The minimum atomic E-state index is -4.47. The summed E-state index contributed by atoms with van der Waals surface area (Å²) in [5, 5.41) is 0. The van der Waals surface area contributed by atoms with Crippen molar-refractivity contribution in [3.8, 4) is 0 Å². The van der Waals surface area contributed by atoms with Crippen LogP contribution in [0.3, 0.4) is 0 Å². The fraction of sp³-hybridized carbons (Fsp3) is 0.125. The molecule has 0 spiro atoms. The van der Waals surface area contributed by atoms with Crippen LogP contribution in [0.25, 0.3) is 0 Å². The van der Waals surface area contributed by atoms with Gasteiger partial charge in [0.05, 0.1) is 0 Å². The standard InChI is InChI=1S/C7H8.CHNO4S/c1-7-5-3-2-4-6-7;3-1-2-7(4,5)6/h2-6H,1H3;(H,4,5,6). The maximum Gasteiger partial charge on any atom is 0.388 e. The Morgan fingerprint density at radius 1 is 1.29 bits per heavy atom. The normalized spacial score (nSPS) is 9.29. The van der Waals surface area contributed by atoms with Crippen LogP contribution in [0, 0.1) is 6.92 Å². The second-order valence-corrected chi connectivity index (χ2v) is 3.36. The van der Waals surface area contributed by atoms with Crippen LogP contribution in [-0.2, 0) is 15.1 Å². The first-order valence-corrected chi connectivity index (χ1v) is 4.93. The lowest BCUT2D eigenvalue weighted by atomic mass is 10.2. The van der Waals surface area contributed by atoms with E-state index in [-0.39, 0.29) is 0 Å². The molecule has 0 saturated carbocycles. The average molecular weight is 215 g/mol. The van der Waals surface area contributed by atoms with Crippen molar-refractivity contribution < 1.29 is 17.8 Å². The van der Waals surface area contributed by atoms with Crippen LogP contribution in [0.2, 0.25) is 0 Å². The van der Waals surface area contributed by atoms with Crippen LogP contribution >= 0.6 is 0 Å². The highest BCUT2D eigenvalue weighted by Crippen LogP contribution is 1.92. The van der Waals surface area contributed by atoms with Gasteiger partial charge in [-0.1, -0.05) is 40.3 Å². The Bertz CT molecular complexity index is 406. The molecule has 0 saturated heterocycles. The second kappa shape index (κ2) is 6.04. The minimum absolute atomic E-state index is 0.645. The number of aryl methyl sites for hydroxylation is 1. The van der Waals surface area contributed by atoms with Crippen molar-refractivity contribution in [1.82, 2.24) is 0 Å². The summed E-state index contributed by atoms with van der Waals surface area (Å²) < 4.78 is 28.3. The molecule has 0 radical (unpaired) electrons. The van der Waals surface area contributed by atoms with Gasteiger partial charge in [-0.15, -0.1) is 0 Å². The molecule has 76 valence electrons. The van der Waals surface area contributed by atoms with Gasteiger partial charge in [-0.3, -0.25) is 4.55 Å². The van der Waals surface area contributed by atoms with Gasteiger partial charge in [-0.25, -0.2) is 4.79 Å². The average Bonchev–Trinajstić information content (AvgIpc) is 2.04. The fourth-order valence-electron chi connectivity index (χ4n) is 0.581. The predicted molar refractivity (Wildman–Crippen MR) is 50.8 cm³/mol. The molecular formula is C8H9NO4S. The number of rotatable bonds is 1. The molecule has 0 bridgehead atoms. The first kappa shape index (κ1) is 12.5. The monoisotopic (exact) mass is 215 g/mol. The third kappa shape index (κ3) is 8.61. The van der Waals surface area contributed by atoms with E-state index in [1.165, 1.54) is 5.56 Å². The van der Waals surface area contributed by atoms with Gasteiger partial charge in [0.1, 0.15) is 0 Å². The zero-order chi connectivity index (χ0) is 11.0. The van der Waals surface area contributed by atoms with E-state index in [2.05, 4.69) is 19.1 Å². The van der Waals surface area contributed by atoms with Crippen LogP contribution in [-0.4, -0.2) is 19.1 Å². The van der Waals surface area contributed by atoms with Gasteiger partial charge in [0.2, 0.25) is 0 Å². The van der Waals surface area contributed by atoms with Crippen molar-refractivity contribution in [3.05, 3.63) is 35.9 Å². The third-order valence-electron chi connectivity index (χ3n) is 1.09. The number of hydrogen-bond donors (Lipinski definition) is 1. The number of nitrogens with zero attached hydrogens (tertiary/aromatic N) is 1.